The van der Waals surface area contributed by atoms with E-state index < -0.39 is 16.8 Å². The van der Waals surface area contributed by atoms with E-state index in [-0.39, 0.29) is 23.3 Å². The molecule has 7 heteroatoms. The third kappa shape index (κ3) is 5.35. The minimum Gasteiger partial charge on any atom is -0.478 e. The van der Waals surface area contributed by atoms with Gasteiger partial charge in [-0.1, -0.05) is 60.7 Å². The van der Waals surface area contributed by atoms with Crippen molar-refractivity contribution < 1.29 is 19.5 Å². The van der Waals surface area contributed by atoms with Crippen LogP contribution < -0.4 is 4.90 Å². The van der Waals surface area contributed by atoms with Crippen molar-refractivity contribution in [2.75, 3.05) is 37.6 Å². The van der Waals surface area contributed by atoms with E-state index in [1.807, 2.05) is 54.0 Å². The molecule has 3 aliphatic rings. The van der Waals surface area contributed by atoms with Gasteiger partial charge in [0.05, 0.1) is 16.4 Å². The number of carbonyl (C=O) groups excluding carboxylic acids is 2. The van der Waals surface area contributed by atoms with Crippen molar-refractivity contribution in [3.8, 4) is 0 Å². The Hall–Kier alpha value is -3.97. The van der Waals surface area contributed by atoms with Gasteiger partial charge in [-0.05, 0) is 94.1 Å². The summed E-state index contributed by atoms with van der Waals surface area (Å²) in [4.78, 5) is 45.3. The Bertz CT molecular complexity index is 1490. The molecule has 2 amide bonds. The van der Waals surface area contributed by atoms with E-state index in [2.05, 4.69) is 41.3 Å². The Kier molecular flexibility index (Phi) is 7.86. The fourth-order valence-corrected chi connectivity index (χ4v) is 7.63. The van der Waals surface area contributed by atoms with Crippen LogP contribution in [0.4, 0.5) is 5.69 Å². The van der Waals surface area contributed by atoms with Crippen LogP contribution in [-0.4, -0.2) is 65.4 Å². The maximum atomic E-state index is 14.3. The molecule has 3 heterocycles. The van der Waals surface area contributed by atoms with Crippen LogP contribution in [0.25, 0.3) is 0 Å². The normalized spacial score (nSPS) is 21.3. The molecule has 43 heavy (non-hydrogen) atoms. The van der Waals surface area contributed by atoms with E-state index >= 15 is 0 Å². The third-order valence-corrected chi connectivity index (χ3v) is 10.1. The van der Waals surface area contributed by atoms with Gasteiger partial charge in [0.15, 0.2) is 0 Å². The number of hydrogen-bond donors (Lipinski definition) is 1. The molecule has 3 aliphatic heterocycles. The number of aromatic carboxylic acids is 1. The first kappa shape index (κ1) is 29.1. The number of anilines is 1. The van der Waals surface area contributed by atoms with Crippen molar-refractivity contribution in [2.24, 2.45) is 5.41 Å². The average Bonchev–Trinajstić information content (AvgIpc) is 3.21. The predicted octanol–water partition coefficient (Wildman–Crippen LogP) is 5.70. The third-order valence-electron chi connectivity index (χ3n) is 10.1. The van der Waals surface area contributed by atoms with E-state index in [1.54, 1.807) is 12.1 Å². The second-order valence-electron chi connectivity index (χ2n) is 12.9. The molecule has 0 saturated carbocycles. The number of rotatable bonds is 8. The molecule has 224 valence electrons. The lowest BCUT2D eigenvalue weighted by atomic mass is 9.62. The van der Waals surface area contributed by atoms with Gasteiger partial charge in [0.2, 0.25) is 11.8 Å². The molecule has 2 fully saturated rings. The van der Waals surface area contributed by atoms with Crippen LogP contribution in [0.2, 0.25) is 0 Å². The van der Waals surface area contributed by atoms with Crippen LogP contribution in [0.15, 0.2) is 78.9 Å². The number of carbonyl (C=O) groups is 3. The number of carboxylic acid groups (broad SMARTS) is 1. The standard InChI is InChI=1S/C36H41N3O4/c1-35(2)30-11-6-7-12-31(30)39(33(35)42)21-8-20-37-23-18-36(19-24-37)29(27-9-4-3-5-10-27)17-22-38(34(36)43)25-26-13-15-28(16-14-26)32(40)41/h3-7,9-16,29H,8,17-25H2,1-2H3,(H,40,41)/t29-/m1/s1. The Labute approximate surface area is 254 Å². The molecule has 1 spiro atoms. The second kappa shape index (κ2) is 11.6. The molecule has 7 nitrogen and oxygen atoms in total. The summed E-state index contributed by atoms with van der Waals surface area (Å²) in [6.07, 6.45) is 3.41. The van der Waals surface area contributed by atoms with Gasteiger partial charge in [-0.25, -0.2) is 4.79 Å². The summed E-state index contributed by atoms with van der Waals surface area (Å²) in [5, 5.41) is 9.26. The molecule has 0 radical (unpaired) electrons. The van der Waals surface area contributed by atoms with Crippen LogP contribution in [0, 0.1) is 5.41 Å². The second-order valence-corrected chi connectivity index (χ2v) is 12.9. The van der Waals surface area contributed by atoms with Crippen LogP contribution in [0.1, 0.15) is 72.5 Å². The molecule has 0 bridgehead atoms. The zero-order valence-corrected chi connectivity index (χ0v) is 25.2. The first-order valence-electron chi connectivity index (χ1n) is 15.5. The van der Waals surface area contributed by atoms with Crippen molar-refractivity contribution >= 4 is 23.5 Å². The largest absolute Gasteiger partial charge is 0.478 e. The van der Waals surface area contributed by atoms with Crippen molar-refractivity contribution in [1.82, 2.24) is 9.80 Å². The van der Waals surface area contributed by atoms with Gasteiger partial charge < -0.3 is 19.8 Å². The molecule has 6 rings (SSSR count). The van der Waals surface area contributed by atoms with Gasteiger partial charge in [0.25, 0.3) is 0 Å². The summed E-state index contributed by atoms with van der Waals surface area (Å²) in [6.45, 7) is 8.50. The minimum atomic E-state index is -0.947. The number of likely N-dealkylation sites (tertiary alicyclic amines) is 2. The number of nitrogens with zero attached hydrogens (tertiary/aromatic N) is 3. The van der Waals surface area contributed by atoms with E-state index in [9.17, 15) is 19.5 Å². The lowest BCUT2D eigenvalue weighted by molar-refractivity contribution is -0.153. The fourth-order valence-electron chi connectivity index (χ4n) is 7.63. The van der Waals surface area contributed by atoms with Crippen LogP contribution >= 0.6 is 0 Å². The molecule has 0 aliphatic carbocycles. The first-order chi connectivity index (χ1) is 20.7. The molecule has 2 saturated heterocycles. The van der Waals surface area contributed by atoms with Gasteiger partial charge in [-0.15, -0.1) is 0 Å². The van der Waals surface area contributed by atoms with Gasteiger partial charge in [0, 0.05) is 31.2 Å². The zero-order chi connectivity index (χ0) is 30.2. The average molecular weight is 580 g/mol. The molecular formula is C36H41N3O4. The number of benzene rings is 3. The summed E-state index contributed by atoms with van der Waals surface area (Å²) in [5.74, 6) is -0.383. The SMILES string of the molecule is CC1(C)C(=O)N(CCCN2CCC3(CC2)C(=O)N(Cc2ccc(C(=O)O)cc2)CC[C@@H]3c2ccccc2)c2ccccc21. The summed E-state index contributed by atoms with van der Waals surface area (Å²) in [5.41, 5.74) is 3.63. The Morgan fingerprint density at radius 1 is 0.837 bits per heavy atom. The lowest BCUT2D eigenvalue weighted by Crippen LogP contribution is -2.56. The maximum Gasteiger partial charge on any atom is 0.335 e. The summed E-state index contributed by atoms with van der Waals surface area (Å²) < 4.78 is 0. The Morgan fingerprint density at radius 3 is 2.21 bits per heavy atom. The van der Waals surface area contributed by atoms with Gasteiger partial charge in [-0.2, -0.15) is 0 Å². The summed E-state index contributed by atoms with van der Waals surface area (Å²) in [7, 11) is 0. The molecule has 3 aromatic rings. The zero-order valence-electron chi connectivity index (χ0n) is 25.2. The van der Waals surface area contributed by atoms with Crippen molar-refractivity contribution in [2.45, 2.75) is 57.4 Å². The van der Waals surface area contributed by atoms with Crippen molar-refractivity contribution in [3.05, 3.63) is 101 Å². The van der Waals surface area contributed by atoms with E-state index in [4.69, 9.17) is 0 Å². The number of hydrogen-bond acceptors (Lipinski definition) is 4. The number of piperidine rings is 2. The highest BCUT2D eigenvalue weighted by atomic mass is 16.4. The predicted molar refractivity (Wildman–Crippen MR) is 167 cm³/mol. The molecule has 1 atom stereocenters. The number of para-hydroxylation sites is 1. The Balaban J connectivity index is 1.13. The van der Waals surface area contributed by atoms with Crippen molar-refractivity contribution in [1.29, 1.82) is 0 Å². The molecule has 1 N–H and O–H groups in total. The highest BCUT2D eigenvalue weighted by molar-refractivity contribution is 6.07. The van der Waals surface area contributed by atoms with Gasteiger partial charge >= 0.3 is 5.97 Å². The van der Waals surface area contributed by atoms with Gasteiger partial charge in [0.1, 0.15) is 0 Å². The minimum absolute atomic E-state index is 0.169. The molecule has 0 unspecified atom stereocenters. The van der Waals surface area contributed by atoms with Crippen LogP contribution in [0.3, 0.4) is 0 Å². The fraction of sp³-hybridized carbons (Fsp3) is 0.417. The number of fused-ring (bicyclic) bond motifs is 1. The molecule has 0 aromatic heterocycles. The summed E-state index contributed by atoms with van der Waals surface area (Å²) >= 11 is 0. The van der Waals surface area contributed by atoms with Crippen molar-refractivity contribution in [3.63, 3.8) is 0 Å². The molecule has 3 aromatic carbocycles. The lowest BCUT2D eigenvalue weighted by Gasteiger charge is -2.51. The molecular weight excluding hydrogens is 538 g/mol. The monoisotopic (exact) mass is 579 g/mol. The van der Waals surface area contributed by atoms with Crippen LogP contribution in [-0.2, 0) is 21.5 Å². The van der Waals surface area contributed by atoms with Crippen LogP contribution in [0.5, 0.6) is 0 Å². The summed E-state index contributed by atoms with van der Waals surface area (Å²) in [6, 6.07) is 25.5. The quantitative estimate of drug-likeness (QED) is 0.371. The first-order valence-corrected chi connectivity index (χ1v) is 15.5. The topological polar surface area (TPSA) is 81.2 Å². The van der Waals surface area contributed by atoms with E-state index in [0.29, 0.717) is 19.6 Å². The number of carboxylic acids is 1. The smallest absolute Gasteiger partial charge is 0.335 e. The number of amides is 2. The van der Waals surface area contributed by atoms with E-state index in [0.717, 1.165) is 62.1 Å². The van der Waals surface area contributed by atoms with E-state index in [1.165, 1.54) is 5.56 Å². The maximum absolute atomic E-state index is 14.3. The highest BCUT2D eigenvalue weighted by Crippen LogP contribution is 2.50. The Morgan fingerprint density at radius 2 is 1.51 bits per heavy atom. The highest BCUT2D eigenvalue weighted by Gasteiger charge is 2.52. The van der Waals surface area contributed by atoms with Gasteiger partial charge in [-0.3, -0.25) is 9.59 Å².